The summed E-state index contributed by atoms with van der Waals surface area (Å²) < 4.78 is 0. The van der Waals surface area contributed by atoms with Gasteiger partial charge in [-0.15, -0.1) is 0 Å². The number of rotatable bonds is 1. The summed E-state index contributed by atoms with van der Waals surface area (Å²) in [5.41, 5.74) is 0. The molecule has 0 bridgehead atoms. The maximum atomic E-state index is 4.45. The molecule has 0 heterocycles. The van der Waals surface area contributed by atoms with Gasteiger partial charge in [-0.25, -0.2) is 10.1 Å². The van der Waals surface area contributed by atoms with Gasteiger partial charge in [0, 0.05) is 0 Å². The summed E-state index contributed by atoms with van der Waals surface area (Å²) in [6.07, 6.45) is 0. The first kappa shape index (κ1) is 4.10. The topological polar surface area (TPSA) is 47.3 Å². The summed E-state index contributed by atoms with van der Waals surface area (Å²) in [5.74, 6) is 4.45. The lowest BCUT2D eigenvalue weighted by Gasteiger charge is -1.80. The molecule has 0 aliphatic heterocycles. The third-order valence-corrected chi connectivity index (χ3v) is 0.354. The fraction of sp³-hybridized carbons (Fsp3) is 0. The Morgan fingerprint density at radius 3 is 2.25 bits per heavy atom. The fourth-order valence-corrected chi connectivity index (χ4v) is 0. The van der Waals surface area contributed by atoms with Crippen molar-refractivity contribution in [3.05, 3.63) is 0 Å². The molecule has 4 heteroatoms. The molecule has 0 spiro atoms. The number of nitrogens with one attached hydrogen (secondary N) is 1. The van der Waals surface area contributed by atoms with Crippen molar-refractivity contribution in [2.45, 2.75) is 0 Å². The van der Waals surface area contributed by atoms with Gasteiger partial charge in [-0.1, -0.05) is 0 Å². The van der Waals surface area contributed by atoms with Crippen LogP contribution >= 0.6 is 0 Å². The average molecular weight is 78.1 g/mol. The highest BCUT2D eigenvalue weighted by Crippen LogP contribution is 1.18. The molecule has 4 heavy (non-hydrogen) atoms. The summed E-state index contributed by atoms with van der Waals surface area (Å²) in [5, 5.41) is 2.35. The minimum absolute atomic E-state index is 0.792. The Labute approximate surface area is 27.5 Å². The van der Waals surface area contributed by atoms with E-state index in [2.05, 4.69) is 16.0 Å². The van der Waals surface area contributed by atoms with Gasteiger partial charge >= 0.3 is 0 Å². The van der Waals surface area contributed by atoms with Crippen molar-refractivity contribution in [2.24, 2.45) is 5.90 Å². The van der Waals surface area contributed by atoms with Crippen LogP contribution in [0, 0.1) is 0 Å². The Morgan fingerprint density at radius 2 is 2.25 bits per heavy atom. The van der Waals surface area contributed by atoms with Crippen LogP contribution in [0.5, 0.6) is 0 Å². The first-order chi connectivity index (χ1) is 1.91. The normalized spacial score (nSPS) is 8.25. The molecule has 0 aromatic carbocycles. The molecule has 0 aromatic heterocycles. The van der Waals surface area contributed by atoms with Crippen molar-refractivity contribution in [1.82, 2.24) is 5.15 Å². The van der Waals surface area contributed by atoms with Gasteiger partial charge in [0.15, 0.2) is 0 Å². The third kappa shape index (κ3) is 2.10. The Bertz CT molecular complexity index is 8.00. The zero-order valence-corrected chi connectivity index (χ0v) is 4.49. The van der Waals surface area contributed by atoms with Crippen molar-refractivity contribution in [3.8, 4) is 0 Å². The van der Waals surface area contributed by atoms with E-state index in [4.69, 9.17) is 0 Å². The first-order valence-electron chi connectivity index (χ1n) is 0.940. The van der Waals surface area contributed by atoms with E-state index >= 15 is 0 Å². The van der Waals surface area contributed by atoms with Crippen LogP contribution in [0.4, 0.5) is 0 Å². The Morgan fingerprint density at radius 1 is 2.00 bits per heavy atom. The highest BCUT2D eigenvalue weighted by atomic mass is 28.2. The van der Waals surface area contributed by atoms with E-state index in [1.807, 2.05) is 0 Å². The number of nitrogens with two attached hydrogens (primary N) is 1. The molecule has 0 atom stereocenters. The molecule has 0 unspecified atom stereocenters. The molecule has 0 radical (unpaired) electrons. The monoisotopic (exact) mass is 78.0 g/mol. The van der Waals surface area contributed by atoms with Crippen molar-refractivity contribution in [1.29, 1.82) is 0 Å². The van der Waals surface area contributed by atoms with E-state index in [1.54, 1.807) is 0 Å². The van der Waals surface area contributed by atoms with Crippen LogP contribution in [0.1, 0.15) is 0 Å². The summed E-state index contributed by atoms with van der Waals surface area (Å²) in [4.78, 5) is 3.85. The summed E-state index contributed by atoms with van der Waals surface area (Å²) in [6, 6.07) is 0. The van der Waals surface area contributed by atoms with E-state index in [-0.39, 0.29) is 0 Å². The molecule has 0 aromatic rings. The highest BCUT2D eigenvalue weighted by molar-refractivity contribution is 6.03. The quantitative estimate of drug-likeness (QED) is 0.273. The standard InChI is InChI=1S/H6N2OSi/c1-3-2-4/h2H,1H2,4H3. The lowest BCUT2D eigenvalue weighted by Crippen LogP contribution is -2.13. The average Bonchev–Trinajstić information content (AvgIpc) is 1.37. The molecule has 3 nitrogen and oxygen atoms in total. The van der Waals surface area contributed by atoms with Crippen molar-refractivity contribution in [2.75, 3.05) is 0 Å². The minimum Gasteiger partial charge on any atom is -0.225 e. The molecular weight excluding hydrogens is 72.1 g/mol. The van der Waals surface area contributed by atoms with E-state index in [0.29, 0.717) is 0 Å². The van der Waals surface area contributed by atoms with E-state index in [9.17, 15) is 0 Å². The predicted molar refractivity (Wildman–Crippen MR) is 18.3 cm³/mol. The molecule has 0 saturated heterocycles. The second kappa shape index (κ2) is 3.10. The van der Waals surface area contributed by atoms with Crippen molar-refractivity contribution >= 4 is 10.4 Å². The third-order valence-electron chi connectivity index (χ3n) is 0.118. The SMILES string of the molecule is NON[SiH3]. The molecule has 0 aliphatic carbocycles. The van der Waals surface area contributed by atoms with E-state index in [0.717, 1.165) is 10.4 Å². The fourth-order valence-electron chi connectivity index (χ4n) is 0. The van der Waals surface area contributed by atoms with E-state index < -0.39 is 0 Å². The molecule has 3 N–H and O–H groups in total. The van der Waals surface area contributed by atoms with Crippen LogP contribution < -0.4 is 11.0 Å². The predicted octanol–water partition coefficient (Wildman–Crippen LogP) is -2.34. The number of hydrogen-bond acceptors (Lipinski definition) is 3. The summed E-state index contributed by atoms with van der Waals surface area (Å²) in [6.45, 7) is 0. The van der Waals surface area contributed by atoms with Gasteiger partial charge in [-0.3, -0.25) is 0 Å². The van der Waals surface area contributed by atoms with Crippen LogP contribution in [0.25, 0.3) is 0 Å². The van der Waals surface area contributed by atoms with Gasteiger partial charge in [0.05, 0.1) is 0 Å². The lowest BCUT2D eigenvalue weighted by atomic mass is 13.2. The van der Waals surface area contributed by atoms with Crippen LogP contribution in [0.2, 0.25) is 0 Å². The maximum absolute atomic E-state index is 4.45. The minimum atomic E-state index is 0.792. The largest absolute Gasteiger partial charge is 0.225 e. The molecular formula is H6N2OSi. The molecule has 26 valence electrons. The molecule has 0 fully saturated rings. The molecule has 0 rings (SSSR count). The van der Waals surface area contributed by atoms with Gasteiger partial charge in [-0.05, 0) is 0 Å². The zero-order valence-electron chi connectivity index (χ0n) is 2.49. The van der Waals surface area contributed by atoms with Gasteiger partial charge < -0.3 is 0 Å². The Hall–Kier alpha value is 0.0969. The Kier molecular flexibility index (Phi) is 3.17. The zero-order chi connectivity index (χ0) is 3.41. The summed E-state index contributed by atoms with van der Waals surface area (Å²) in [7, 11) is 0.792. The number of hydrogen-bond donors (Lipinski definition) is 2. The maximum Gasteiger partial charge on any atom is 0.112 e. The highest BCUT2D eigenvalue weighted by Gasteiger charge is 1.46. The van der Waals surface area contributed by atoms with Crippen molar-refractivity contribution < 1.29 is 4.94 Å². The van der Waals surface area contributed by atoms with Crippen LogP contribution in [-0.2, 0) is 4.94 Å². The lowest BCUT2D eigenvalue weighted by molar-refractivity contribution is 0.0971. The van der Waals surface area contributed by atoms with Crippen LogP contribution in [0.3, 0.4) is 0 Å². The Balaban J connectivity index is 1.97. The van der Waals surface area contributed by atoms with Crippen LogP contribution in [-0.4, -0.2) is 10.4 Å². The smallest absolute Gasteiger partial charge is 0.112 e. The summed E-state index contributed by atoms with van der Waals surface area (Å²) >= 11 is 0. The van der Waals surface area contributed by atoms with Gasteiger partial charge in [0.1, 0.15) is 10.4 Å². The molecule has 0 amide bonds. The molecule has 0 saturated carbocycles. The molecule has 0 aliphatic rings. The second-order valence-electron chi connectivity index (χ2n) is 0.322. The second-order valence-corrected chi connectivity index (χ2v) is 0.730. The van der Waals surface area contributed by atoms with Crippen molar-refractivity contribution in [3.63, 3.8) is 0 Å². The van der Waals surface area contributed by atoms with Gasteiger partial charge in [-0.2, -0.15) is 5.90 Å². The first-order valence-corrected chi connectivity index (χ1v) is 1.94. The van der Waals surface area contributed by atoms with Gasteiger partial charge in [0.25, 0.3) is 0 Å². The van der Waals surface area contributed by atoms with Crippen LogP contribution in [0.15, 0.2) is 0 Å². The van der Waals surface area contributed by atoms with Gasteiger partial charge in [0.2, 0.25) is 0 Å². The van der Waals surface area contributed by atoms with E-state index in [1.165, 1.54) is 0 Å².